The summed E-state index contributed by atoms with van der Waals surface area (Å²) in [7, 11) is 0. The highest BCUT2D eigenvalue weighted by atomic mass is 19.4. The second kappa shape index (κ2) is 14.4. The number of likely N-dealkylation sites (N-methyl/N-ethyl adjacent to an activating group) is 1. The quantitative estimate of drug-likeness (QED) is 0.147. The van der Waals surface area contributed by atoms with E-state index < -0.39 is 11.7 Å². The SMILES string of the molecule is CCNC(=O)C(NC1CCC(Nc2ccc(NC(=O)c3ccccc3-c3ccc(C(F)(F)F)cc3)cc2)CC1)c1ccccc1. The number of nitrogens with one attached hydrogen (secondary N) is 4. The van der Waals surface area contributed by atoms with Gasteiger partial charge in [0.15, 0.2) is 0 Å². The highest BCUT2D eigenvalue weighted by Crippen LogP contribution is 2.32. The molecule has 1 aliphatic rings. The maximum Gasteiger partial charge on any atom is 0.416 e. The summed E-state index contributed by atoms with van der Waals surface area (Å²) in [5, 5.41) is 13.0. The van der Waals surface area contributed by atoms with Gasteiger partial charge in [-0.15, -0.1) is 0 Å². The number of rotatable bonds is 10. The molecule has 1 fully saturated rings. The fraction of sp³-hybridized carbons (Fsp3) is 0.278. The lowest BCUT2D eigenvalue weighted by molar-refractivity contribution is -0.137. The van der Waals surface area contributed by atoms with Gasteiger partial charge in [-0.3, -0.25) is 14.9 Å². The van der Waals surface area contributed by atoms with E-state index in [-0.39, 0.29) is 23.9 Å². The monoisotopic (exact) mass is 614 g/mol. The van der Waals surface area contributed by atoms with Crippen molar-refractivity contribution in [3.63, 3.8) is 0 Å². The van der Waals surface area contributed by atoms with Crippen molar-refractivity contribution < 1.29 is 22.8 Å². The van der Waals surface area contributed by atoms with Crippen LogP contribution in [0.2, 0.25) is 0 Å². The van der Waals surface area contributed by atoms with Gasteiger partial charge in [-0.1, -0.05) is 60.7 Å². The molecule has 234 valence electrons. The summed E-state index contributed by atoms with van der Waals surface area (Å²) in [6, 6.07) is 29.1. The van der Waals surface area contributed by atoms with Gasteiger partial charge in [0.05, 0.1) is 5.56 Å². The van der Waals surface area contributed by atoms with E-state index >= 15 is 0 Å². The van der Waals surface area contributed by atoms with E-state index in [0.717, 1.165) is 49.1 Å². The standard InChI is InChI=1S/C36H37F3N4O2/c1-2-40-35(45)33(25-8-4-3-5-9-25)42-29-20-16-27(17-21-29)41-28-18-22-30(23-19-28)43-34(44)32-11-7-6-10-31(32)24-12-14-26(15-13-24)36(37,38)39/h3-15,18-19,22-23,27,29,33,41-42H,2,16-17,20-21H2,1H3,(H,40,45)(H,43,44). The molecule has 0 heterocycles. The molecule has 0 bridgehead atoms. The molecule has 9 heteroatoms. The number of anilines is 2. The van der Waals surface area contributed by atoms with E-state index in [1.165, 1.54) is 12.1 Å². The first kappa shape index (κ1) is 31.8. The van der Waals surface area contributed by atoms with E-state index in [1.54, 1.807) is 24.3 Å². The molecule has 0 saturated heterocycles. The number of amides is 2. The molecule has 0 aliphatic heterocycles. The van der Waals surface area contributed by atoms with E-state index in [1.807, 2.05) is 61.5 Å². The van der Waals surface area contributed by atoms with Crippen LogP contribution in [0.1, 0.15) is 60.1 Å². The summed E-state index contributed by atoms with van der Waals surface area (Å²) in [5.74, 6) is -0.363. The minimum Gasteiger partial charge on any atom is -0.382 e. The molecule has 45 heavy (non-hydrogen) atoms. The van der Waals surface area contributed by atoms with Crippen LogP contribution in [0.3, 0.4) is 0 Å². The van der Waals surface area contributed by atoms with Crippen LogP contribution in [0, 0.1) is 0 Å². The maximum atomic E-state index is 13.2. The van der Waals surface area contributed by atoms with Crippen molar-refractivity contribution in [3.8, 4) is 11.1 Å². The molecular weight excluding hydrogens is 577 g/mol. The summed E-state index contributed by atoms with van der Waals surface area (Å²) in [6.07, 6.45) is -0.645. The Morgan fingerprint density at radius 2 is 1.36 bits per heavy atom. The van der Waals surface area contributed by atoms with Crippen LogP contribution in [0.5, 0.6) is 0 Å². The second-order valence-corrected chi connectivity index (χ2v) is 11.2. The van der Waals surface area contributed by atoms with E-state index in [0.29, 0.717) is 35.0 Å². The van der Waals surface area contributed by atoms with Gasteiger partial charge in [0.1, 0.15) is 6.04 Å². The lowest BCUT2D eigenvalue weighted by atomic mass is 9.90. The predicted molar refractivity (Wildman–Crippen MR) is 172 cm³/mol. The summed E-state index contributed by atoms with van der Waals surface area (Å²) in [6.45, 7) is 2.50. The minimum absolute atomic E-state index is 0.0146. The van der Waals surface area contributed by atoms with Crippen LogP contribution in [0.4, 0.5) is 24.5 Å². The highest BCUT2D eigenvalue weighted by Gasteiger charge is 2.30. The van der Waals surface area contributed by atoms with Gasteiger partial charge in [-0.2, -0.15) is 13.2 Å². The second-order valence-electron chi connectivity index (χ2n) is 11.2. The average Bonchev–Trinajstić information content (AvgIpc) is 3.05. The number of hydrogen-bond donors (Lipinski definition) is 4. The Balaban J connectivity index is 1.15. The third-order valence-corrected chi connectivity index (χ3v) is 8.08. The number of carbonyl (C=O) groups is 2. The molecule has 1 aliphatic carbocycles. The van der Waals surface area contributed by atoms with Crippen LogP contribution < -0.4 is 21.3 Å². The highest BCUT2D eigenvalue weighted by molar-refractivity contribution is 6.08. The summed E-state index contributed by atoms with van der Waals surface area (Å²) in [4.78, 5) is 25.9. The Bertz CT molecular complexity index is 1570. The molecule has 4 aromatic rings. The van der Waals surface area contributed by atoms with Crippen LogP contribution in [-0.4, -0.2) is 30.4 Å². The van der Waals surface area contributed by atoms with Gasteiger partial charge in [0.2, 0.25) is 5.91 Å². The first-order chi connectivity index (χ1) is 21.7. The molecule has 2 amide bonds. The van der Waals surface area contributed by atoms with Crippen molar-refractivity contribution in [1.29, 1.82) is 0 Å². The average molecular weight is 615 g/mol. The molecule has 6 nitrogen and oxygen atoms in total. The summed E-state index contributed by atoms with van der Waals surface area (Å²) in [5.41, 5.74) is 3.22. The van der Waals surface area contributed by atoms with Gasteiger partial charge in [-0.05, 0) is 91.8 Å². The first-order valence-corrected chi connectivity index (χ1v) is 15.2. The lowest BCUT2D eigenvalue weighted by Crippen LogP contribution is -2.44. The summed E-state index contributed by atoms with van der Waals surface area (Å²) >= 11 is 0. The van der Waals surface area contributed by atoms with Gasteiger partial charge in [-0.25, -0.2) is 0 Å². The zero-order valence-electron chi connectivity index (χ0n) is 25.0. The molecule has 0 aromatic heterocycles. The van der Waals surface area contributed by atoms with Gasteiger partial charge in [0, 0.05) is 35.6 Å². The lowest BCUT2D eigenvalue weighted by Gasteiger charge is -2.33. The third kappa shape index (κ3) is 8.30. The smallest absolute Gasteiger partial charge is 0.382 e. The number of halogens is 3. The zero-order valence-corrected chi connectivity index (χ0v) is 25.0. The predicted octanol–water partition coefficient (Wildman–Crippen LogP) is 7.81. The Morgan fingerprint density at radius 3 is 2.00 bits per heavy atom. The van der Waals surface area contributed by atoms with Crippen LogP contribution in [0.25, 0.3) is 11.1 Å². The van der Waals surface area contributed by atoms with Crippen molar-refractivity contribution in [1.82, 2.24) is 10.6 Å². The van der Waals surface area contributed by atoms with E-state index in [9.17, 15) is 22.8 Å². The molecule has 1 unspecified atom stereocenters. The van der Waals surface area contributed by atoms with Crippen LogP contribution in [0.15, 0.2) is 103 Å². The molecule has 4 N–H and O–H groups in total. The molecule has 1 atom stereocenters. The first-order valence-electron chi connectivity index (χ1n) is 15.2. The minimum atomic E-state index is -4.42. The van der Waals surface area contributed by atoms with Crippen LogP contribution >= 0.6 is 0 Å². The Hall–Kier alpha value is -4.63. The number of hydrogen-bond acceptors (Lipinski definition) is 4. The topological polar surface area (TPSA) is 82.3 Å². The Kier molecular flexibility index (Phi) is 10.2. The molecule has 5 rings (SSSR count). The van der Waals surface area contributed by atoms with Crippen molar-refractivity contribution in [2.24, 2.45) is 0 Å². The zero-order chi connectivity index (χ0) is 31.8. The number of benzene rings is 4. The van der Waals surface area contributed by atoms with Crippen molar-refractivity contribution in [2.45, 2.75) is 56.9 Å². The van der Waals surface area contributed by atoms with Gasteiger partial charge >= 0.3 is 6.18 Å². The molecule has 0 radical (unpaired) electrons. The molecular formula is C36H37F3N4O2. The third-order valence-electron chi connectivity index (χ3n) is 8.08. The van der Waals surface area contributed by atoms with Crippen molar-refractivity contribution in [3.05, 3.63) is 120 Å². The normalized spacial score (nSPS) is 17.2. The fourth-order valence-electron chi connectivity index (χ4n) is 5.74. The van der Waals surface area contributed by atoms with Crippen molar-refractivity contribution >= 4 is 23.2 Å². The molecule has 4 aromatic carbocycles. The summed E-state index contributed by atoms with van der Waals surface area (Å²) < 4.78 is 39.0. The molecule has 0 spiro atoms. The van der Waals surface area contributed by atoms with E-state index in [2.05, 4.69) is 21.3 Å². The van der Waals surface area contributed by atoms with Gasteiger partial charge < -0.3 is 16.0 Å². The number of alkyl halides is 3. The van der Waals surface area contributed by atoms with Crippen molar-refractivity contribution in [2.75, 3.05) is 17.2 Å². The van der Waals surface area contributed by atoms with Gasteiger partial charge in [0.25, 0.3) is 5.91 Å². The Labute approximate surface area is 261 Å². The van der Waals surface area contributed by atoms with Crippen LogP contribution in [-0.2, 0) is 11.0 Å². The molecule has 1 saturated carbocycles. The number of carbonyl (C=O) groups excluding carboxylic acids is 2. The Morgan fingerprint density at radius 1 is 0.756 bits per heavy atom. The van der Waals surface area contributed by atoms with E-state index in [4.69, 9.17) is 0 Å². The fourth-order valence-corrected chi connectivity index (χ4v) is 5.74. The largest absolute Gasteiger partial charge is 0.416 e. The maximum absolute atomic E-state index is 13.2.